The lowest BCUT2D eigenvalue weighted by Gasteiger charge is -2.08. The molecule has 0 heterocycles. The molecule has 0 aliphatic heterocycles. The van der Waals surface area contributed by atoms with Crippen molar-refractivity contribution < 1.29 is 22.6 Å². The van der Waals surface area contributed by atoms with Gasteiger partial charge in [0.15, 0.2) is 0 Å². The van der Waals surface area contributed by atoms with E-state index in [1.54, 1.807) is 0 Å². The maximum atomic E-state index is 11.7. The van der Waals surface area contributed by atoms with Crippen LogP contribution in [0.5, 0.6) is 0 Å². The minimum absolute atomic E-state index is 0.0486. The van der Waals surface area contributed by atoms with Crippen LogP contribution in [-0.4, -0.2) is 32.6 Å². The van der Waals surface area contributed by atoms with Crippen molar-refractivity contribution in [1.29, 1.82) is 0 Å². The molecule has 0 atom stereocenters. The van der Waals surface area contributed by atoms with Crippen molar-refractivity contribution in [2.24, 2.45) is 0 Å². The van der Waals surface area contributed by atoms with E-state index in [4.69, 9.17) is 10.5 Å². The number of halogens is 3. The molecule has 19 heavy (non-hydrogen) atoms. The molecular formula is C13H18F3NO2. The first-order chi connectivity index (χ1) is 8.99. The van der Waals surface area contributed by atoms with Gasteiger partial charge in [0.2, 0.25) is 0 Å². The van der Waals surface area contributed by atoms with E-state index >= 15 is 0 Å². The van der Waals surface area contributed by atoms with Crippen LogP contribution in [0.4, 0.5) is 18.9 Å². The maximum Gasteiger partial charge on any atom is 0.411 e. The Kier molecular flexibility index (Phi) is 6.66. The molecule has 0 spiro atoms. The van der Waals surface area contributed by atoms with Crippen LogP contribution in [0.2, 0.25) is 0 Å². The summed E-state index contributed by atoms with van der Waals surface area (Å²) in [5, 5.41) is 0. The van der Waals surface area contributed by atoms with Gasteiger partial charge >= 0.3 is 6.18 Å². The molecule has 108 valence electrons. The summed E-state index contributed by atoms with van der Waals surface area (Å²) in [6.07, 6.45) is -3.12. The van der Waals surface area contributed by atoms with Crippen LogP contribution in [0, 0.1) is 0 Å². The van der Waals surface area contributed by atoms with E-state index in [9.17, 15) is 13.2 Å². The highest BCUT2D eigenvalue weighted by molar-refractivity contribution is 5.46. The number of hydrogen-bond donors (Lipinski definition) is 1. The van der Waals surface area contributed by atoms with Crippen molar-refractivity contribution in [3.8, 4) is 0 Å². The number of benzene rings is 1. The molecule has 0 saturated heterocycles. The third-order valence-electron chi connectivity index (χ3n) is 2.41. The molecule has 0 aromatic heterocycles. The summed E-state index contributed by atoms with van der Waals surface area (Å²) >= 11 is 0. The number of nitrogen functional groups attached to an aromatic ring is 1. The molecule has 0 aliphatic rings. The predicted octanol–water partition coefficient (Wildman–Crippen LogP) is 2.80. The van der Waals surface area contributed by atoms with Gasteiger partial charge in [0, 0.05) is 18.9 Å². The number of para-hydroxylation sites is 1. The van der Waals surface area contributed by atoms with Crippen molar-refractivity contribution >= 4 is 5.69 Å². The van der Waals surface area contributed by atoms with Crippen molar-refractivity contribution in [1.82, 2.24) is 0 Å². The van der Waals surface area contributed by atoms with Crippen molar-refractivity contribution in [3.05, 3.63) is 29.8 Å². The average Bonchev–Trinajstić information content (AvgIpc) is 2.33. The van der Waals surface area contributed by atoms with Gasteiger partial charge in [-0.1, -0.05) is 18.2 Å². The zero-order valence-corrected chi connectivity index (χ0v) is 10.6. The largest absolute Gasteiger partial charge is 0.411 e. The summed E-state index contributed by atoms with van der Waals surface area (Å²) in [5.41, 5.74) is 7.49. The molecular weight excluding hydrogens is 259 g/mol. The lowest BCUT2D eigenvalue weighted by atomic mass is 10.1. The van der Waals surface area contributed by atoms with Crippen LogP contribution in [0.1, 0.15) is 12.0 Å². The lowest BCUT2D eigenvalue weighted by molar-refractivity contribution is -0.174. The highest BCUT2D eigenvalue weighted by atomic mass is 19.4. The molecule has 0 fully saturated rings. The third kappa shape index (κ3) is 7.69. The van der Waals surface area contributed by atoms with Crippen molar-refractivity contribution in [2.75, 3.05) is 32.2 Å². The summed E-state index contributed by atoms with van der Waals surface area (Å²) < 4.78 is 45.0. The van der Waals surface area contributed by atoms with Crippen LogP contribution >= 0.6 is 0 Å². The predicted molar refractivity (Wildman–Crippen MR) is 66.9 cm³/mol. The first-order valence-electron chi connectivity index (χ1n) is 6.04. The van der Waals surface area contributed by atoms with Gasteiger partial charge in [-0.2, -0.15) is 13.2 Å². The molecule has 0 bridgehead atoms. The number of rotatable bonds is 8. The minimum atomic E-state index is -4.26. The summed E-state index contributed by atoms with van der Waals surface area (Å²) in [7, 11) is 0. The highest BCUT2D eigenvalue weighted by Crippen LogP contribution is 2.14. The fourth-order valence-corrected chi connectivity index (χ4v) is 1.50. The SMILES string of the molecule is Nc1ccccc1CCOCCCOCC(F)(F)F. The van der Waals surface area contributed by atoms with Crippen molar-refractivity contribution in [2.45, 2.75) is 19.0 Å². The molecule has 0 radical (unpaired) electrons. The van der Waals surface area contributed by atoms with Gasteiger partial charge in [0.05, 0.1) is 6.61 Å². The van der Waals surface area contributed by atoms with E-state index in [0.717, 1.165) is 11.3 Å². The van der Waals surface area contributed by atoms with E-state index in [-0.39, 0.29) is 6.61 Å². The number of nitrogens with two attached hydrogens (primary N) is 1. The van der Waals surface area contributed by atoms with E-state index in [2.05, 4.69) is 4.74 Å². The number of alkyl halides is 3. The Balaban J connectivity index is 1.99. The first kappa shape index (κ1) is 15.8. The Bertz CT molecular complexity index is 369. The highest BCUT2D eigenvalue weighted by Gasteiger charge is 2.27. The second-order valence-electron chi connectivity index (χ2n) is 4.08. The zero-order chi connectivity index (χ0) is 14.1. The Hall–Kier alpha value is -1.27. The molecule has 0 aliphatic carbocycles. The Labute approximate surface area is 110 Å². The van der Waals surface area contributed by atoms with E-state index < -0.39 is 12.8 Å². The van der Waals surface area contributed by atoms with Crippen LogP contribution < -0.4 is 5.73 Å². The normalized spacial score (nSPS) is 11.7. The maximum absolute atomic E-state index is 11.7. The first-order valence-corrected chi connectivity index (χ1v) is 6.04. The average molecular weight is 277 g/mol. The van der Waals surface area contributed by atoms with Gasteiger partial charge in [-0.3, -0.25) is 0 Å². The summed E-state index contributed by atoms with van der Waals surface area (Å²) in [6.45, 7) is -0.279. The number of ether oxygens (including phenoxy) is 2. The summed E-state index contributed by atoms with van der Waals surface area (Å²) in [4.78, 5) is 0. The fourth-order valence-electron chi connectivity index (χ4n) is 1.50. The van der Waals surface area contributed by atoms with E-state index in [0.29, 0.717) is 26.1 Å². The Morgan fingerprint density at radius 1 is 1.00 bits per heavy atom. The molecule has 0 saturated carbocycles. The quantitative estimate of drug-likeness (QED) is 0.587. The Morgan fingerprint density at radius 3 is 2.37 bits per heavy atom. The van der Waals surface area contributed by atoms with Crippen LogP contribution in [-0.2, 0) is 15.9 Å². The van der Waals surface area contributed by atoms with E-state index in [1.165, 1.54) is 0 Å². The van der Waals surface area contributed by atoms with E-state index in [1.807, 2.05) is 24.3 Å². The van der Waals surface area contributed by atoms with Gasteiger partial charge in [0.1, 0.15) is 6.61 Å². The zero-order valence-electron chi connectivity index (χ0n) is 10.6. The second kappa shape index (κ2) is 8.01. The molecule has 0 unspecified atom stereocenters. The molecule has 1 rings (SSSR count). The number of hydrogen-bond acceptors (Lipinski definition) is 3. The molecule has 6 heteroatoms. The van der Waals surface area contributed by atoms with Gasteiger partial charge in [0.25, 0.3) is 0 Å². The molecule has 2 N–H and O–H groups in total. The summed E-state index contributed by atoms with van der Waals surface area (Å²) in [5.74, 6) is 0. The second-order valence-corrected chi connectivity index (χ2v) is 4.08. The number of anilines is 1. The van der Waals surface area contributed by atoms with Crippen LogP contribution in [0.3, 0.4) is 0 Å². The molecule has 0 amide bonds. The van der Waals surface area contributed by atoms with Gasteiger partial charge in [-0.15, -0.1) is 0 Å². The molecule has 1 aromatic rings. The third-order valence-corrected chi connectivity index (χ3v) is 2.41. The fraction of sp³-hybridized carbons (Fsp3) is 0.538. The standard InChI is InChI=1S/C13H18F3NO2/c14-13(15,16)10-19-8-3-7-18-9-6-11-4-1-2-5-12(11)17/h1-2,4-5H,3,6-10,17H2. The van der Waals surface area contributed by atoms with Crippen LogP contribution in [0.15, 0.2) is 24.3 Å². The summed E-state index contributed by atoms with van der Waals surface area (Å²) in [6, 6.07) is 7.50. The monoisotopic (exact) mass is 277 g/mol. The smallest absolute Gasteiger partial charge is 0.399 e. The molecule has 1 aromatic carbocycles. The lowest BCUT2D eigenvalue weighted by Crippen LogP contribution is -2.17. The van der Waals surface area contributed by atoms with Gasteiger partial charge in [-0.05, 0) is 24.5 Å². The van der Waals surface area contributed by atoms with Crippen molar-refractivity contribution in [3.63, 3.8) is 0 Å². The Morgan fingerprint density at radius 2 is 1.68 bits per heavy atom. The van der Waals surface area contributed by atoms with Gasteiger partial charge in [-0.25, -0.2) is 0 Å². The van der Waals surface area contributed by atoms with Gasteiger partial charge < -0.3 is 15.2 Å². The topological polar surface area (TPSA) is 44.5 Å². The molecule has 3 nitrogen and oxygen atoms in total. The minimum Gasteiger partial charge on any atom is -0.399 e. The van der Waals surface area contributed by atoms with Crippen LogP contribution in [0.25, 0.3) is 0 Å².